The number of anilines is 1. The van der Waals surface area contributed by atoms with E-state index in [0.717, 1.165) is 0 Å². The average molecular weight is 435 g/mol. The molecule has 0 bridgehead atoms. The van der Waals surface area contributed by atoms with Crippen LogP contribution < -0.4 is 10.6 Å². The van der Waals surface area contributed by atoms with E-state index >= 15 is 0 Å². The first-order chi connectivity index (χ1) is 14.6. The first-order valence-corrected chi connectivity index (χ1v) is 10.5. The Hall–Kier alpha value is -2.68. The molecule has 1 aromatic carbocycles. The summed E-state index contributed by atoms with van der Waals surface area (Å²) in [4.78, 5) is 37.2. The van der Waals surface area contributed by atoms with Crippen LogP contribution in [0.15, 0.2) is 18.2 Å². The van der Waals surface area contributed by atoms with Crippen LogP contribution in [0.2, 0.25) is 0 Å². The fourth-order valence-corrected chi connectivity index (χ4v) is 3.95. The molecule has 2 heterocycles. The lowest BCUT2D eigenvalue weighted by atomic mass is 9.86. The third-order valence-corrected chi connectivity index (χ3v) is 5.49. The third kappa shape index (κ3) is 5.72. The van der Waals surface area contributed by atoms with E-state index in [4.69, 9.17) is 9.47 Å². The zero-order chi connectivity index (χ0) is 22.8. The van der Waals surface area contributed by atoms with Crippen LogP contribution >= 0.6 is 0 Å². The minimum absolute atomic E-state index is 0.215. The summed E-state index contributed by atoms with van der Waals surface area (Å²) in [7, 11) is 1.55. The fraction of sp³-hybridized carbons (Fsp3) is 0.591. The predicted octanol–water partition coefficient (Wildman–Crippen LogP) is 2.78. The van der Waals surface area contributed by atoms with Crippen LogP contribution in [0.1, 0.15) is 51.5 Å². The SMILES string of the molecule is CO[C@H]1CN(C(=O)OC(C)(C)C)CC[C@@H]1c1ccc(N[C@H]2CCC(=O)NC2=O)cc1F. The van der Waals surface area contributed by atoms with Crippen LogP contribution in [0.4, 0.5) is 14.9 Å². The van der Waals surface area contributed by atoms with Crippen molar-refractivity contribution in [3.05, 3.63) is 29.6 Å². The molecule has 2 aliphatic heterocycles. The molecular weight excluding hydrogens is 405 g/mol. The van der Waals surface area contributed by atoms with E-state index in [2.05, 4.69) is 10.6 Å². The number of nitrogens with zero attached hydrogens (tertiary/aromatic N) is 1. The Labute approximate surface area is 181 Å². The molecule has 2 saturated heterocycles. The highest BCUT2D eigenvalue weighted by Gasteiger charge is 2.36. The summed E-state index contributed by atoms with van der Waals surface area (Å²) in [5.41, 5.74) is 0.383. The molecule has 3 atom stereocenters. The second-order valence-corrected chi connectivity index (χ2v) is 8.98. The maximum atomic E-state index is 15.0. The van der Waals surface area contributed by atoms with Crippen LogP contribution in [0, 0.1) is 5.82 Å². The number of carbonyl (C=O) groups excluding carboxylic acids is 3. The number of likely N-dealkylation sites (tertiary alicyclic amines) is 1. The Morgan fingerprint density at radius 3 is 2.61 bits per heavy atom. The van der Waals surface area contributed by atoms with Crippen molar-refractivity contribution >= 4 is 23.6 Å². The van der Waals surface area contributed by atoms with Gasteiger partial charge in [0.25, 0.3) is 0 Å². The van der Waals surface area contributed by atoms with E-state index < -0.39 is 29.5 Å². The van der Waals surface area contributed by atoms with E-state index in [1.54, 1.807) is 24.1 Å². The number of nitrogens with one attached hydrogen (secondary N) is 2. The second kappa shape index (κ2) is 9.21. The highest BCUT2D eigenvalue weighted by atomic mass is 19.1. The van der Waals surface area contributed by atoms with E-state index in [0.29, 0.717) is 37.2 Å². The average Bonchev–Trinajstić information content (AvgIpc) is 2.68. The van der Waals surface area contributed by atoms with E-state index in [-0.39, 0.29) is 24.3 Å². The normalized spacial score (nSPS) is 24.5. The Morgan fingerprint density at radius 1 is 1.26 bits per heavy atom. The number of hydrogen-bond acceptors (Lipinski definition) is 6. The number of carbonyl (C=O) groups is 3. The zero-order valence-electron chi connectivity index (χ0n) is 18.4. The van der Waals surface area contributed by atoms with Gasteiger partial charge >= 0.3 is 6.09 Å². The number of amides is 3. The summed E-state index contributed by atoms with van der Waals surface area (Å²) in [5.74, 6) is -1.33. The van der Waals surface area contributed by atoms with Crippen LogP contribution in [-0.4, -0.2) is 60.8 Å². The molecule has 0 spiro atoms. The molecule has 3 amide bonds. The maximum absolute atomic E-state index is 15.0. The number of methoxy groups -OCH3 is 1. The summed E-state index contributed by atoms with van der Waals surface area (Å²) >= 11 is 0. The first-order valence-electron chi connectivity index (χ1n) is 10.5. The summed E-state index contributed by atoms with van der Waals surface area (Å²) in [6.45, 7) is 6.18. The number of ether oxygens (including phenoxy) is 2. The molecule has 8 nitrogen and oxygen atoms in total. The summed E-state index contributed by atoms with van der Waals surface area (Å²) in [6, 6.07) is 4.18. The third-order valence-electron chi connectivity index (χ3n) is 5.49. The van der Waals surface area contributed by atoms with Crippen molar-refractivity contribution in [3.63, 3.8) is 0 Å². The maximum Gasteiger partial charge on any atom is 0.410 e. The van der Waals surface area contributed by atoms with Gasteiger partial charge in [0.05, 0.1) is 12.6 Å². The highest BCUT2D eigenvalue weighted by Crippen LogP contribution is 2.33. The van der Waals surface area contributed by atoms with Gasteiger partial charge in [0.1, 0.15) is 17.5 Å². The number of rotatable bonds is 4. The van der Waals surface area contributed by atoms with Crippen molar-refractivity contribution in [2.75, 3.05) is 25.5 Å². The molecule has 9 heteroatoms. The van der Waals surface area contributed by atoms with Gasteiger partial charge in [-0.3, -0.25) is 14.9 Å². The Kier molecular flexibility index (Phi) is 6.83. The lowest BCUT2D eigenvalue weighted by Crippen LogP contribution is -2.48. The molecule has 0 radical (unpaired) electrons. The number of imide groups is 1. The Balaban J connectivity index is 1.67. The summed E-state index contributed by atoms with van der Waals surface area (Å²) in [5, 5.41) is 5.26. The molecule has 1 aromatic rings. The molecule has 0 unspecified atom stereocenters. The van der Waals surface area contributed by atoms with Gasteiger partial charge in [-0.05, 0) is 51.3 Å². The molecule has 0 saturated carbocycles. The summed E-state index contributed by atoms with van der Waals surface area (Å²) in [6.07, 6.45) is 0.370. The van der Waals surface area contributed by atoms with Gasteiger partial charge in [0.2, 0.25) is 11.8 Å². The molecule has 2 N–H and O–H groups in total. The van der Waals surface area contributed by atoms with Gasteiger partial charge in [0, 0.05) is 31.7 Å². The van der Waals surface area contributed by atoms with Gasteiger partial charge in [-0.2, -0.15) is 0 Å². The second-order valence-electron chi connectivity index (χ2n) is 8.98. The molecule has 3 rings (SSSR count). The first kappa shape index (κ1) is 23.0. The van der Waals surface area contributed by atoms with Gasteiger partial charge in [-0.1, -0.05) is 6.07 Å². The number of benzene rings is 1. The molecular formula is C22H30FN3O5. The van der Waals surface area contributed by atoms with Crippen LogP contribution in [0.3, 0.4) is 0 Å². The molecule has 31 heavy (non-hydrogen) atoms. The van der Waals surface area contributed by atoms with Crippen molar-refractivity contribution in [1.82, 2.24) is 10.2 Å². The van der Waals surface area contributed by atoms with E-state index in [9.17, 15) is 18.8 Å². The van der Waals surface area contributed by atoms with E-state index in [1.165, 1.54) is 6.07 Å². The van der Waals surface area contributed by atoms with Gasteiger partial charge in [-0.25, -0.2) is 9.18 Å². The molecule has 2 aliphatic rings. The Morgan fingerprint density at radius 2 is 2.00 bits per heavy atom. The minimum Gasteiger partial charge on any atom is -0.444 e. The van der Waals surface area contributed by atoms with Crippen molar-refractivity contribution in [2.24, 2.45) is 0 Å². The topological polar surface area (TPSA) is 97.0 Å². The van der Waals surface area contributed by atoms with Crippen LogP contribution in [0.5, 0.6) is 0 Å². The summed E-state index contributed by atoms with van der Waals surface area (Å²) < 4.78 is 26.0. The highest BCUT2D eigenvalue weighted by molar-refractivity contribution is 6.01. The predicted molar refractivity (Wildman–Crippen MR) is 112 cm³/mol. The van der Waals surface area contributed by atoms with Crippen molar-refractivity contribution < 1.29 is 28.2 Å². The Bertz CT molecular complexity index is 854. The van der Waals surface area contributed by atoms with Crippen molar-refractivity contribution in [2.45, 2.75) is 63.7 Å². The smallest absolute Gasteiger partial charge is 0.410 e. The molecule has 2 fully saturated rings. The number of hydrogen-bond donors (Lipinski definition) is 2. The molecule has 0 aliphatic carbocycles. The number of halogens is 1. The van der Waals surface area contributed by atoms with Gasteiger partial charge in [-0.15, -0.1) is 0 Å². The standard InChI is InChI=1S/C22H30FN3O5/c1-22(2,3)31-21(29)26-10-9-15(18(12-26)30-4)14-6-5-13(11-16(14)23)24-17-7-8-19(27)25-20(17)28/h5-6,11,15,17-18,24H,7-10,12H2,1-4H3,(H,25,27,28)/t15-,17+,18+/m1/s1. The largest absolute Gasteiger partial charge is 0.444 e. The lowest BCUT2D eigenvalue weighted by molar-refractivity contribution is -0.133. The fourth-order valence-electron chi connectivity index (χ4n) is 3.95. The van der Waals surface area contributed by atoms with Crippen LogP contribution in [-0.2, 0) is 19.1 Å². The van der Waals surface area contributed by atoms with Crippen molar-refractivity contribution in [1.29, 1.82) is 0 Å². The van der Waals surface area contributed by atoms with E-state index in [1.807, 2.05) is 20.8 Å². The number of piperidine rings is 2. The molecule has 0 aromatic heterocycles. The minimum atomic E-state index is -0.589. The monoisotopic (exact) mass is 435 g/mol. The molecule has 170 valence electrons. The lowest BCUT2D eigenvalue weighted by Gasteiger charge is -2.38. The van der Waals surface area contributed by atoms with Crippen LogP contribution in [0.25, 0.3) is 0 Å². The van der Waals surface area contributed by atoms with Crippen molar-refractivity contribution in [3.8, 4) is 0 Å². The zero-order valence-corrected chi connectivity index (χ0v) is 18.4. The quantitative estimate of drug-likeness (QED) is 0.706. The van der Waals surface area contributed by atoms with Gasteiger partial charge < -0.3 is 19.7 Å². The van der Waals surface area contributed by atoms with Gasteiger partial charge in [0.15, 0.2) is 0 Å².